The molecule has 4 nitrogen and oxygen atoms in total. The SMILES string of the molecule is CC1CNC(CN[C]=O)CN1. The summed E-state index contributed by atoms with van der Waals surface area (Å²) in [7, 11) is 0. The fraction of sp³-hybridized carbons (Fsp3) is 0.857. The second-order valence-corrected chi connectivity index (χ2v) is 2.90. The Morgan fingerprint density at radius 3 is 2.91 bits per heavy atom. The molecule has 2 unspecified atom stereocenters. The molecule has 0 aromatic rings. The summed E-state index contributed by atoms with van der Waals surface area (Å²) in [5, 5.41) is 9.13. The van der Waals surface area contributed by atoms with Crippen LogP contribution in [0.15, 0.2) is 0 Å². The Labute approximate surface area is 66.7 Å². The van der Waals surface area contributed by atoms with E-state index in [4.69, 9.17) is 0 Å². The quantitative estimate of drug-likeness (QED) is 0.440. The van der Waals surface area contributed by atoms with Gasteiger partial charge in [-0.3, -0.25) is 4.79 Å². The van der Waals surface area contributed by atoms with Crippen LogP contribution in [-0.4, -0.2) is 38.1 Å². The molecule has 1 saturated heterocycles. The lowest BCUT2D eigenvalue weighted by molar-refractivity contribution is 0.357. The number of carbonyl (C=O) groups excluding carboxylic acids is 1. The lowest BCUT2D eigenvalue weighted by Gasteiger charge is -2.28. The summed E-state index contributed by atoms with van der Waals surface area (Å²) in [6, 6.07) is 0.888. The first-order valence-electron chi connectivity index (χ1n) is 3.89. The zero-order valence-corrected chi connectivity index (χ0v) is 6.68. The molecule has 0 aliphatic carbocycles. The predicted octanol–water partition coefficient (Wildman–Crippen LogP) is -1.41. The molecular formula is C7H14N3O. The lowest BCUT2D eigenvalue weighted by Crippen LogP contribution is -2.56. The van der Waals surface area contributed by atoms with Crippen molar-refractivity contribution in [1.29, 1.82) is 0 Å². The standard InChI is InChI=1S/C7H14N3O/c1-6-2-10-7(4-9-6)3-8-5-11/h6-7,9-10H,2-4H2,1H3,(H,8,11). The van der Waals surface area contributed by atoms with Gasteiger partial charge in [-0.05, 0) is 6.92 Å². The predicted molar refractivity (Wildman–Crippen MR) is 43.0 cm³/mol. The number of hydrogen-bond acceptors (Lipinski definition) is 3. The first-order valence-corrected chi connectivity index (χ1v) is 3.89. The first kappa shape index (κ1) is 8.49. The zero-order chi connectivity index (χ0) is 8.10. The van der Waals surface area contributed by atoms with Crippen LogP contribution in [0.3, 0.4) is 0 Å². The van der Waals surface area contributed by atoms with Gasteiger partial charge in [-0.15, -0.1) is 0 Å². The molecule has 1 heterocycles. The summed E-state index contributed by atoms with van der Waals surface area (Å²) in [5.41, 5.74) is 0. The maximum absolute atomic E-state index is 9.83. The van der Waals surface area contributed by atoms with E-state index in [-0.39, 0.29) is 0 Å². The van der Waals surface area contributed by atoms with E-state index in [2.05, 4.69) is 22.9 Å². The minimum atomic E-state index is 0.354. The van der Waals surface area contributed by atoms with Gasteiger partial charge in [0.1, 0.15) is 0 Å². The second-order valence-electron chi connectivity index (χ2n) is 2.90. The van der Waals surface area contributed by atoms with Crippen LogP contribution in [0.1, 0.15) is 6.92 Å². The average Bonchev–Trinajstić information content (AvgIpc) is 2.04. The molecule has 0 aromatic carbocycles. The Morgan fingerprint density at radius 1 is 1.55 bits per heavy atom. The summed E-state index contributed by atoms with van der Waals surface area (Å²) in [6.45, 7) is 4.66. The van der Waals surface area contributed by atoms with Crippen molar-refractivity contribution in [3.05, 3.63) is 0 Å². The number of piperazine rings is 1. The third kappa shape index (κ3) is 2.86. The molecule has 2 atom stereocenters. The van der Waals surface area contributed by atoms with E-state index in [1.54, 1.807) is 6.41 Å². The molecule has 11 heavy (non-hydrogen) atoms. The normalized spacial score (nSPS) is 31.4. The molecule has 0 aromatic heterocycles. The molecule has 0 bridgehead atoms. The Hall–Kier alpha value is -0.610. The molecule has 4 heteroatoms. The van der Waals surface area contributed by atoms with Crippen molar-refractivity contribution in [1.82, 2.24) is 16.0 Å². The second kappa shape index (κ2) is 4.31. The Balaban J connectivity index is 2.12. The van der Waals surface area contributed by atoms with Gasteiger partial charge in [0.2, 0.25) is 0 Å². The number of hydrogen-bond donors (Lipinski definition) is 3. The summed E-state index contributed by atoms with van der Waals surface area (Å²) in [6.07, 6.45) is 1.66. The van der Waals surface area contributed by atoms with Gasteiger partial charge >= 0.3 is 6.41 Å². The molecular weight excluding hydrogens is 142 g/mol. The van der Waals surface area contributed by atoms with E-state index in [0.29, 0.717) is 18.6 Å². The smallest absolute Gasteiger partial charge is 0.309 e. The highest BCUT2D eigenvalue weighted by atomic mass is 16.1. The minimum Gasteiger partial charge on any atom is -0.346 e. The van der Waals surface area contributed by atoms with E-state index in [9.17, 15) is 4.79 Å². The molecule has 3 N–H and O–H groups in total. The van der Waals surface area contributed by atoms with Crippen LogP contribution in [0.4, 0.5) is 0 Å². The largest absolute Gasteiger partial charge is 0.346 e. The fourth-order valence-electron chi connectivity index (χ4n) is 1.14. The average molecular weight is 156 g/mol. The van der Waals surface area contributed by atoms with Crippen molar-refractivity contribution in [3.8, 4) is 0 Å². The Morgan fingerprint density at radius 2 is 2.36 bits per heavy atom. The first-order chi connectivity index (χ1) is 5.33. The van der Waals surface area contributed by atoms with Gasteiger partial charge in [-0.1, -0.05) is 0 Å². The third-order valence-electron chi connectivity index (χ3n) is 1.85. The molecule has 1 fully saturated rings. The molecule has 1 aliphatic rings. The Bertz CT molecular complexity index is 121. The van der Waals surface area contributed by atoms with Gasteiger partial charge < -0.3 is 16.0 Å². The van der Waals surface area contributed by atoms with Crippen molar-refractivity contribution in [2.45, 2.75) is 19.0 Å². The van der Waals surface area contributed by atoms with E-state index in [1.807, 2.05) is 0 Å². The number of rotatable bonds is 3. The third-order valence-corrected chi connectivity index (χ3v) is 1.85. The summed E-state index contributed by atoms with van der Waals surface area (Å²) < 4.78 is 0. The molecule has 63 valence electrons. The van der Waals surface area contributed by atoms with Crippen LogP contribution in [0.2, 0.25) is 0 Å². The van der Waals surface area contributed by atoms with Crippen LogP contribution < -0.4 is 16.0 Å². The van der Waals surface area contributed by atoms with E-state index in [1.165, 1.54) is 0 Å². The van der Waals surface area contributed by atoms with Gasteiger partial charge in [-0.2, -0.15) is 0 Å². The Kier molecular flexibility index (Phi) is 3.32. The fourth-order valence-corrected chi connectivity index (χ4v) is 1.14. The van der Waals surface area contributed by atoms with Crippen LogP contribution >= 0.6 is 0 Å². The van der Waals surface area contributed by atoms with E-state index >= 15 is 0 Å². The van der Waals surface area contributed by atoms with Crippen molar-refractivity contribution < 1.29 is 4.79 Å². The number of amides is 1. The van der Waals surface area contributed by atoms with Crippen LogP contribution in [0, 0.1) is 0 Å². The monoisotopic (exact) mass is 156 g/mol. The molecule has 1 amide bonds. The zero-order valence-electron chi connectivity index (χ0n) is 6.68. The topological polar surface area (TPSA) is 53.2 Å². The highest BCUT2D eigenvalue weighted by Crippen LogP contribution is 1.90. The molecule has 0 spiro atoms. The molecule has 1 aliphatic heterocycles. The van der Waals surface area contributed by atoms with Crippen LogP contribution in [0.25, 0.3) is 0 Å². The highest BCUT2D eigenvalue weighted by molar-refractivity contribution is 5.47. The molecule has 0 saturated carbocycles. The van der Waals surface area contributed by atoms with Gasteiger partial charge in [0.15, 0.2) is 0 Å². The lowest BCUT2D eigenvalue weighted by atomic mass is 10.2. The van der Waals surface area contributed by atoms with Gasteiger partial charge in [0.25, 0.3) is 0 Å². The van der Waals surface area contributed by atoms with Crippen molar-refractivity contribution in [2.24, 2.45) is 0 Å². The van der Waals surface area contributed by atoms with E-state index < -0.39 is 0 Å². The van der Waals surface area contributed by atoms with Crippen LogP contribution in [-0.2, 0) is 4.79 Å². The van der Waals surface area contributed by atoms with E-state index in [0.717, 1.165) is 13.1 Å². The van der Waals surface area contributed by atoms with Crippen molar-refractivity contribution >= 4 is 6.41 Å². The summed E-state index contributed by atoms with van der Waals surface area (Å²) in [5.74, 6) is 0. The summed E-state index contributed by atoms with van der Waals surface area (Å²) >= 11 is 0. The number of nitrogens with one attached hydrogen (secondary N) is 3. The maximum Gasteiger partial charge on any atom is 0.309 e. The van der Waals surface area contributed by atoms with Gasteiger partial charge in [-0.25, -0.2) is 0 Å². The van der Waals surface area contributed by atoms with Crippen molar-refractivity contribution in [2.75, 3.05) is 19.6 Å². The molecule has 1 radical (unpaired) electrons. The van der Waals surface area contributed by atoms with Crippen LogP contribution in [0.5, 0.6) is 0 Å². The highest BCUT2D eigenvalue weighted by Gasteiger charge is 2.15. The van der Waals surface area contributed by atoms with Gasteiger partial charge in [0.05, 0.1) is 0 Å². The molecule has 1 rings (SSSR count). The minimum absolute atomic E-state index is 0.354. The van der Waals surface area contributed by atoms with Crippen molar-refractivity contribution in [3.63, 3.8) is 0 Å². The van der Waals surface area contributed by atoms with Gasteiger partial charge in [0, 0.05) is 31.7 Å². The summed E-state index contributed by atoms with van der Waals surface area (Å²) in [4.78, 5) is 9.83. The maximum atomic E-state index is 9.83.